The Kier molecular flexibility index (Phi) is 6.03. The third-order valence-corrected chi connectivity index (χ3v) is 5.20. The van der Waals surface area contributed by atoms with Crippen LogP contribution >= 0.6 is 11.6 Å². The summed E-state index contributed by atoms with van der Waals surface area (Å²) in [6.07, 6.45) is 2.81. The molecule has 0 aliphatic carbocycles. The fourth-order valence-corrected chi connectivity index (χ4v) is 4.15. The molecule has 0 N–H and O–H groups in total. The van der Waals surface area contributed by atoms with Crippen molar-refractivity contribution in [3.8, 4) is 0 Å². The number of amides is 2. The van der Waals surface area contributed by atoms with Gasteiger partial charge in [-0.25, -0.2) is 9.78 Å². The molecule has 7 heteroatoms. The number of ether oxygens (including phenoxy) is 1. The van der Waals surface area contributed by atoms with Crippen LogP contribution in [0.25, 0.3) is 10.8 Å². The summed E-state index contributed by atoms with van der Waals surface area (Å²) in [5.74, 6) is 0.538. The molecule has 1 aromatic carbocycles. The second kappa shape index (κ2) is 8.19. The first-order valence-corrected chi connectivity index (χ1v) is 10.3. The average Bonchev–Trinajstić information content (AvgIpc) is 2.60. The number of carbonyl (C=O) groups is 2. The number of benzene rings is 1. The van der Waals surface area contributed by atoms with Crippen molar-refractivity contribution in [3.05, 3.63) is 35.5 Å². The molecule has 1 aromatic heterocycles. The minimum absolute atomic E-state index is 0.264. The highest BCUT2D eigenvalue weighted by atomic mass is 35.5. The molecule has 1 saturated heterocycles. The maximum Gasteiger partial charge on any atom is 0.410 e. The standard InChI is InChI=1S/C22H28ClN3O3/c1-14-11-15(2)18-16(12-14)8-9-24-19(18)26(20(23)27)17-7-6-10-25(13-17)21(28)29-22(3,4)5/h8-9,11-12,17H,6-7,10,13H2,1-5H3/t17-/m1/s1. The monoisotopic (exact) mass is 417 g/mol. The number of fused-ring (bicyclic) bond motifs is 1. The number of pyridine rings is 1. The van der Waals surface area contributed by atoms with E-state index in [-0.39, 0.29) is 12.1 Å². The molecule has 1 fully saturated rings. The normalized spacial score (nSPS) is 17.3. The molecule has 2 amide bonds. The zero-order valence-corrected chi connectivity index (χ0v) is 18.4. The number of likely N-dealkylation sites (tertiary alicyclic amines) is 1. The lowest BCUT2D eigenvalue weighted by atomic mass is 10.0. The van der Waals surface area contributed by atoms with Gasteiger partial charge < -0.3 is 9.64 Å². The number of aromatic nitrogens is 1. The third-order valence-electron chi connectivity index (χ3n) is 5.02. The lowest BCUT2D eigenvalue weighted by Crippen LogP contribution is -2.52. The number of hydrogen-bond donors (Lipinski definition) is 0. The number of halogens is 1. The van der Waals surface area contributed by atoms with E-state index in [9.17, 15) is 9.59 Å². The van der Waals surface area contributed by atoms with Gasteiger partial charge in [-0.2, -0.15) is 0 Å². The van der Waals surface area contributed by atoms with E-state index in [4.69, 9.17) is 16.3 Å². The topological polar surface area (TPSA) is 62.7 Å². The Morgan fingerprint density at radius 2 is 2.00 bits per heavy atom. The molecule has 1 aliphatic heterocycles. The van der Waals surface area contributed by atoms with Gasteiger partial charge in [0.05, 0.1) is 6.04 Å². The largest absolute Gasteiger partial charge is 0.444 e. The summed E-state index contributed by atoms with van der Waals surface area (Å²) in [6, 6.07) is 5.81. The van der Waals surface area contributed by atoms with Crippen LogP contribution in [0.3, 0.4) is 0 Å². The Morgan fingerprint density at radius 1 is 1.28 bits per heavy atom. The Labute approximate surface area is 176 Å². The van der Waals surface area contributed by atoms with Crippen molar-refractivity contribution in [2.24, 2.45) is 0 Å². The first-order valence-electron chi connectivity index (χ1n) is 9.89. The van der Waals surface area contributed by atoms with Crippen LogP contribution in [0.4, 0.5) is 15.4 Å². The molecular formula is C22H28ClN3O3. The molecule has 0 bridgehead atoms. The average molecular weight is 418 g/mol. The second-order valence-corrected chi connectivity index (χ2v) is 8.98. The minimum atomic E-state index is -0.596. The van der Waals surface area contributed by atoms with Crippen molar-refractivity contribution in [2.75, 3.05) is 18.0 Å². The number of rotatable bonds is 2. The Balaban J connectivity index is 1.96. The Bertz CT molecular complexity index is 939. The van der Waals surface area contributed by atoms with Gasteiger partial charge in [0.15, 0.2) is 0 Å². The first kappa shape index (κ1) is 21.4. The molecule has 0 saturated carbocycles. The highest BCUT2D eigenvalue weighted by molar-refractivity contribution is 6.66. The predicted molar refractivity (Wildman–Crippen MR) is 116 cm³/mol. The molecule has 1 aliphatic rings. The maximum absolute atomic E-state index is 12.5. The molecule has 0 unspecified atom stereocenters. The number of piperidine rings is 1. The molecule has 3 rings (SSSR count). The summed E-state index contributed by atoms with van der Waals surface area (Å²) >= 11 is 6.04. The lowest BCUT2D eigenvalue weighted by Gasteiger charge is -2.38. The van der Waals surface area contributed by atoms with Crippen LogP contribution < -0.4 is 4.90 Å². The highest BCUT2D eigenvalue weighted by Crippen LogP contribution is 2.32. The van der Waals surface area contributed by atoms with Gasteiger partial charge in [0, 0.05) is 24.7 Å². The lowest BCUT2D eigenvalue weighted by molar-refractivity contribution is 0.0200. The molecule has 156 valence electrons. The fraction of sp³-hybridized carbons (Fsp3) is 0.500. The SMILES string of the molecule is Cc1cc(C)c2c(N(C(=O)Cl)[C@@H]3CCCN(C(=O)OC(C)(C)C)C3)nccc2c1. The van der Waals surface area contributed by atoms with Crippen molar-refractivity contribution in [1.82, 2.24) is 9.88 Å². The van der Waals surface area contributed by atoms with Gasteiger partial charge in [-0.3, -0.25) is 9.69 Å². The van der Waals surface area contributed by atoms with Crippen molar-refractivity contribution >= 4 is 39.7 Å². The van der Waals surface area contributed by atoms with Gasteiger partial charge in [0.1, 0.15) is 11.4 Å². The molecule has 2 aromatic rings. The third kappa shape index (κ3) is 4.81. The molecule has 29 heavy (non-hydrogen) atoms. The van der Waals surface area contributed by atoms with Crippen molar-refractivity contribution in [1.29, 1.82) is 0 Å². The van der Waals surface area contributed by atoms with Crippen molar-refractivity contribution in [3.63, 3.8) is 0 Å². The molecule has 0 radical (unpaired) electrons. The van der Waals surface area contributed by atoms with E-state index in [1.165, 1.54) is 4.90 Å². The Hall–Kier alpha value is -2.34. The summed E-state index contributed by atoms with van der Waals surface area (Å²) in [7, 11) is 0. The van der Waals surface area contributed by atoms with Gasteiger partial charge in [-0.15, -0.1) is 0 Å². The molecular weight excluding hydrogens is 390 g/mol. The van der Waals surface area contributed by atoms with E-state index in [1.54, 1.807) is 11.1 Å². The summed E-state index contributed by atoms with van der Waals surface area (Å²) in [5.41, 5.74) is 1.61. The number of hydrogen-bond acceptors (Lipinski definition) is 4. The van der Waals surface area contributed by atoms with E-state index in [0.29, 0.717) is 18.9 Å². The number of nitrogens with zero attached hydrogens (tertiary/aromatic N) is 3. The summed E-state index contributed by atoms with van der Waals surface area (Å²) < 4.78 is 5.51. The van der Waals surface area contributed by atoms with Crippen LogP contribution in [-0.2, 0) is 4.74 Å². The summed E-state index contributed by atoms with van der Waals surface area (Å²) in [4.78, 5) is 32.7. The molecule has 1 atom stereocenters. The van der Waals surface area contributed by atoms with Gasteiger partial charge in [0.25, 0.3) is 0 Å². The van der Waals surface area contributed by atoms with Crippen LogP contribution in [0.5, 0.6) is 0 Å². The highest BCUT2D eigenvalue weighted by Gasteiger charge is 2.34. The minimum Gasteiger partial charge on any atom is -0.444 e. The van der Waals surface area contributed by atoms with E-state index in [1.807, 2.05) is 40.7 Å². The quantitative estimate of drug-likeness (QED) is 0.483. The zero-order chi connectivity index (χ0) is 21.3. The molecule has 2 heterocycles. The number of aryl methyl sites for hydroxylation is 2. The van der Waals surface area contributed by atoms with Crippen LogP contribution in [-0.4, -0.2) is 46.1 Å². The van der Waals surface area contributed by atoms with E-state index in [0.717, 1.165) is 34.7 Å². The number of carbonyl (C=O) groups excluding carboxylic acids is 2. The molecule has 0 spiro atoms. The molecule has 6 nitrogen and oxygen atoms in total. The summed E-state index contributed by atoms with van der Waals surface area (Å²) in [5, 5.41) is 1.32. The van der Waals surface area contributed by atoms with E-state index < -0.39 is 11.0 Å². The summed E-state index contributed by atoms with van der Waals surface area (Å²) in [6.45, 7) is 10.5. The number of anilines is 1. The maximum atomic E-state index is 12.5. The van der Waals surface area contributed by atoms with Crippen molar-refractivity contribution in [2.45, 2.75) is 59.1 Å². The van der Waals surface area contributed by atoms with Crippen LogP contribution in [0.15, 0.2) is 24.4 Å². The van der Waals surface area contributed by atoms with Gasteiger partial charge >= 0.3 is 11.5 Å². The fourth-order valence-electron chi connectivity index (χ4n) is 3.93. The van der Waals surface area contributed by atoms with Crippen LogP contribution in [0.2, 0.25) is 0 Å². The van der Waals surface area contributed by atoms with Crippen LogP contribution in [0.1, 0.15) is 44.7 Å². The second-order valence-electron chi connectivity index (χ2n) is 8.66. The van der Waals surface area contributed by atoms with Gasteiger partial charge in [-0.1, -0.05) is 17.7 Å². The van der Waals surface area contributed by atoms with Gasteiger partial charge in [-0.05, 0) is 76.1 Å². The predicted octanol–water partition coefficient (Wildman–Crippen LogP) is 5.42. The smallest absolute Gasteiger partial charge is 0.410 e. The Morgan fingerprint density at radius 3 is 2.66 bits per heavy atom. The zero-order valence-electron chi connectivity index (χ0n) is 17.7. The van der Waals surface area contributed by atoms with Crippen LogP contribution in [0, 0.1) is 13.8 Å². The first-order chi connectivity index (χ1) is 13.6. The van der Waals surface area contributed by atoms with E-state index in [2.05, 4.69) is 17.1 Å². The van der Waals surface area contributed by atoms with Crippen molar-refractivity contribution < 1.29 is 14.3 Å². The van der Waals surface area contributed by atoms with Gasteiger partial charge in [0.2, 0.25) is 0 Å². The van der Waals surface area contributed by atoms with E-state index >= 15 is 0 Å².